The minimum atomic E-state index is 0.0197. The van der Waals surface area contributed by atoms with Gasteiger partial charge in [0.1, 0.15) is 0 Å². The second-order valence-corrected chi connectivity index (χ2v) is 7.16. The van der Waals surface area contributed by atoms with Crippen molar-refractivity contribution in [3.8, 4) is 11.3 Å². The van der Waals surface area contributed by atoms with Crippen LogP contribution in [0.25, 0.3) is 22.3 Å². The van der Waals surface area contributed by atoms with Gasteiger partial charge in [-0.2, -0.15) is 5.10 Å². The molecule has 0 aliphatic carbocycles. The number of aromatic nitrogens is 5. The van der Waals surface area contributed by atoms with E-state index in [1.165, 1.54) is 0 Å². The topological polar surface area (TPSA) is 88.8 Å². The number of carbonyl (C=O) groups excluding carboxylic acids is 1. The van der Waals surface area contributed by atoms with E-state index in [1.807, 2.05) is 20.0 Å². The molecular formula is C19H23N7O. The first-order valence-electron chi connectivity index (χ1n) is 9.12. The molecule has 1 N–H and O–H groups in total. The molecule has 0 spiro atoms. The molecule has 0 atom stereocenters. The highest BCUT2D eigenvalue weighted by Gasteiger charge is 2.23. The fourth-order valence-corrected chi connectivity index (χ4v) is 3.51. The third kappa shape index (κ3) is 3.52. The summed E-state index contributed by atoms with van der Waals surface area (Å²) in [5, 5.41) is 8.30. The number of piperidine rings is 1. The van der Waals surface area contributed by atoms with Crippen LogP contribution in [0.3, 0.4) is 0 Å². The maximum absolute atomic E-state index is 12.5. The summed E-state index contributed by atoms with van der Waals surface area (Å²) in [4.78, 5) is 28.1. The molecule has 1 fully saturated rings. The Hall–Kier alpha value is -2.87. The SMILES string of the molecule is Cc1nn(C)c2ncc(-c3cncc(NC(=O)C4CCN(C)CC4)n3)cc12. The Balaban J connectivity index is 1.55. The average Bonchev–Trinajstić information content (AvgIpc) is 2.96. The van der Waals surface area contributed by atoms with Gasteiger partial charge < -0.3 is 10.2 Å². The highest BCUT2D eigenvalue weighted by atomic mass is 16.1. The van der Waals surface area contributed by atoms with Gasteiger partial charge in [0.15, 0.2) is 11.5 Å². The molecule has 1 aliphatic heterocycles. The molecule has 1 aliphatic rings. The third-order valence-electron chi connectivity index (χ3n) is 5.13. The molecule has 8 heteroatoms. The van der Waals surface area contributed by atoms with E-state index in [0.29, 0.717) is 11.5 Å². The molecule has 0 aromatic carbocycles. The van der Waals surface area contributed by atoms with Gasteiger partial charge >= 0.3 is 0 Å². The summed E-state index contributed by atoms with van der Waals surface area (Å²) >= 11 is 0. The number of likely N-dealkylation sites (tertiary alicyclic amines) is 1. The Bertz CT molecular complexity index is 989. The molecule has 27 heavy (non-hydrogen) atoms. The van der Waals surface area contributed by atoms with Crippen LogP contribution >= 0.6 is 0 Å². The second kappa shape index (κ2) is 7.03. The Labute approximate surface area is 157 Å². The van der Waals surface area contributed by atoms with Crippen LogP contribution in [0, 0.1) is 12.8 Å². The van der Waals surface area contributed by atoms with Crippen molar-refractivity contribution >= 4 is 22.8 Å². The summed E-state index contributed by atoms with van der Waals surface area (Å²) in [6, 6.07) is 2.01. The molecule has 1 amide bonds. The van der Waals surface area contributed by atoms with Crippen molar-refractivity contribution < 1.29 is 4.79 Å². The monoisotopic (exact) mass is 365 g/mol. The first-order valence-corrected chi connectivity index (χ1v) is 9.12. The summed E-state index contributed by atoms with van der Waals surface area (Å²) in [7, 11) is 3.96. The van der Waals surface area contributed by atoms with E-state index < -0.39 is 0 Å². The number of amides is 1. The van der Waals surface area contributed by atoms with E-state index in [1.54, 1.807) is 23.3 Å². The third-order valence-corrected chi connectivity index (χ3v) is 5.13. The summed E-state index contributed by atoms with van der Waals surface area (Å²) in [6.45, 7) is 3.84. The fraction of sp³-hybridized carbons (Fsp3) is 0.421. The minimum absolute atomic E-state index is 0.0197. The predicted octanol–water partition coefficient (Wildman–Crippen LogP) is 2.01. The molecule has 140 valence electrons. The van der Waals surface area contributed by atoms with E-state index in [0.717, 1.165) is 48.2 Å². The molecule has 4 heterocycles. The number of rotatable bonds is 3. The largest absolute Gasteiger partial charge is 0.309 e. The summed E-state index contributed by atoms with van der Waals surface area (Å²) in [5.41, 5.74) is 3.27. The zero-order valence-electron chi connectivity index (χ0n) is 15.8. The molecule has 3 aromatic heterocycles. The molecule has 0 bridgehead atoms. The fourth-order valence-electron chi connectivity index (χ4n) is 3.51. The number of nitrogens with zero attached hydrogens (tertiary/aromatic N) is 6. The number of nitrogens with one attached hydrogen (secondary N) is 1. The summed E-state index contributed by atoms with van der Waals surface area (Å²) in [5.74, 6) is 0.522. The van der Waals surface area contributed by atoms with Gasteiger partial charge in [-0.05, 0) is 46.0 Å². The van der Waals surface area contributed by atoms with Crippen LogP contribution in [0.4, 0.5) is 5.82 Å². The van der Waals surface area contributed by atoms with Gasteiger partial charge in [-0.25, -0.2) is 9.97 Å². The van der Waals surface area contributed by atoms with E-state index >= 15 is 0 Å². The van der Waals surface area contributed by atoms with Gasteiger partial charge in [-0.1, -0.05) is 0 Å². The van der Waals surface area contributed by atoms with Crippen molar-refractivity contribution in [3.05, 3.63) is 30.4 Å². The van der Waals surface area contributed by atoms with Crippen LogP contribution in [0.15, 0.2) is 24.7 Å². The molecule has 8 nitrogen and oxygen atoms in total. The minimum Gasteiger partial charge on any atom is -0.309 e. The lowest BCUT2D eigenvalue weighted by molar-refractivity contribution is -0.121. The number of fused-ring (bicyclic) bond motifs is 1. The summed E-state index contributed by atoms with van der Waals surface area (Å²) in [6.07, 6.45) is 6.76. The van der Waals surface area contributed by atoms with Crippen LogP contribution in [0.1, 0.15) is 18.5 Å². The van der Waals surface area contributed by atoms with Crippen molar-refractivity contribution in [3.63, 3.8) is 0 Å². The smallest absolute Gasteiger partial charge is 0.228 e. The maximum atomic E-state index is 12.5. The van der Waals surface area contributed by atoms with Gasteiger partial charge in [0, 0.05) is 30.1 Å². The normalized spacial score (nSPS) is 16.0. The van der Waals surface area contributed by atoms with Gasteiger partial charge in [0.2, 0.25) is 5.91 Å². The van der Waals surface area contributed by atoms with Crippen LogP contribution in [0.5, 0.6) is 0 Å². The molecule has 0 radical (unpaired) electrons. The number of aryl methyl sites for hydroxylation is 2. The van der Waals surface area contributed by atoms with Crippen molar-refractivity contribution in [2.24, 2.45) is 13.0 Å². The first kappa shape index (κ1) is 17.5. The lowest BCUT2D eigenvalue weighted by Crippen LogP contribution is -2.36. The summed E-state index contributed by atoms with van der Waals surface area (Å²) < 4.78 is 1.76. The number of hydrogen-bond donors (Lipinski definition) is 1. The van der Waals surface area contributed by atoms with Crippen molar-refractivity contribution in [2.45, 2.75) is 19.8 Å². The van der Waals surface area contributed by atoms with Crippen LogP contribution in [-0.2, 0) is 11.8 Å². The van der Waals surface area contributed by atoms with Crippen molar-refractivity contribution in [1.29, 1.82) is 0 Å². The highest BCUT2D eigenvalue weighted by Crippen LogP contribution is 2.24. The van der Waals surface area contributed by atoms with Gasteiger partial charge in [0.05, 0.1) is 23.8 Å². The van der Waals surface area contributed by atoms with Gasteiger partial charge in [-0.3, -0.25) is 14.5 Å². The van der Waals surface area contributed by atoms with Gasteiger partial charge in [-0.15, -0.1) is 0 Å². The lowest BCUT2D eigenvalue weighted by Gasteiger charge is -2.27. The molecular weight excluding hydrogens is 342 g/mol. The van der Waals surface area contributed by atoms with Crippen molar-refractivity contribution in [1.82, 2.24) is 29.6 Å². The zero-order valence-corrected chi connectivity index (χ0v) is 15.8. The van der Waals surface area contributed by atoms with Gasteiger partial charge in [0.25, 0.3) is 0 Å². The Morgan fingerprint density at radius 2 is 1.96 bits per heavy atom. The number of anilines is 1. The number of hydrogen-bond acceptors (Lipinski definition) is 6. The quantitative estimate of drug-likeness (QED) is 0.764. The van der Waals surface area contributed by atoms with E-state index in [4.69, 9.17) is 0 Å². The van der Waals surface area contributed by atoms with Crippen molar-refractivity contribution in [2.75, 3.05) is 25.5 Å². The standard InChI is InChI=1S/C19H23N7O/c1-12-15-8-14(9-21-18(15)26(3)24-12)16-10-20-11-17(22-16)23-19(27)13-4-6-25(2)7-5-13/h8-11,13H,4-7H2,1-3H3,(H,22,23,27). The van der Waals surface area contributed by atoms with Crippen LogP contribution in [-0.4, -0.2) is 55.7 Å². The predicted molar refractivity (Wildman–Crippen MR) is 103 cm³/mol. The molecule has 1 saturated heterocycles. The second-order valence-electron chi connectivity index (χ2n) is 7.16. The maximum Gasteiger partial charge on any atom is 0.228 e. The van der Waals surface area contributed by atoms with E-state index in [2.05, 4.69) is 37.3 Å². The highest BCUT2D eigenvalue weighted by molar-refractivity contribution is 5.92. The molecule has 0 saturated carbocycles. The number of carbonyl (C=O) groups is 1. The molecule has 3 aromatic rings. The molecule has 0 unspecified atom stereocenters. The number of pyridine rings is 1. The lowest BCUT2D eigenvalue weighted by atomic mass is 9.96. The van der Waals surface area contributed by atoms with E-state index in [-0.39, 0.29) is 11.8 Å². The molecule has 4 rings (SSSR count). The van der Waals surface area contributed by atoms with E-state index in [9.17, 15) is 4.79 Å². The average molecular weight is 365 g/mol. The van der Waals surface area contributed by atoms with Crippen LogP contribution in [0.2, 0.25) is 0 Å². The van der Waals surface area contributed by atoms with Crippen LogP contribution < -0.4 is 5.32 Å². The Morgan fingerprint density at radius 1 is 1.19 bits per heavy atom. The Kier molecular flexibility index (Phi) is 4.57. The Morgan fingerprint density at radius 3 is 2.74 bits per heavy atom. The first-order chi connectivity index (χ1) is 13.0. The zero-order chi connectivity index (χ0) is 19.0.